The summed E-state index contributed by atoms with van der Waals surface area (Å²) in [6.07, 6.45) is 6.12. The fourth-order valence-corrected chi connectivity index (χ4v) is 4.05. The summed E-state index contributed by atoms with van der Waals surface area (Å²) in [5.74, 6) is 1.02. The van der Waals surface area contributed by atoms with E-state index in [1.165, 1.54) is 12.8 Å². The largest absolute Gasteiger partial charge is 0.340 e. The number of carbonyl (C=O) groups is 2. The van der Waals surface area contributed by atoms with Gasteiger partial charge in [-0.25, -0.2) is 0 Å². The van der Waals surface area contributed by atoms with Crippen LogP contribution in [-0.4, -0.2) is 34.3 Å². The second-order valence-corrected chi connectivity index (χ2v) is 7.26. The topological polar surface area (TPSA) is 49.4 Å². The Morgan fingerprint density at radius 3 is 2.25 bits per heavy atom. The number of nitrogens with zero attached hydrogens (tertiary/aromatic N) is 1. The van der Waals surface area contributed by atoms with E-state index in [4.69, 9.17) is 0 Å². The molecular weight excluding hydrogens is 252 g/mol. The highest BCUT2D eigenvalue weighted by molar-refractivity contribution is 6.00. The van der Waals surface area contributed by atoms with Crippen molar-refractivity contribution in [3.05, 3.63) is 0 Å². The molecule has 0 aromatic heterocycles. The highest BCUT2D eigenvalue weighted by Gasteiger charge is 2.55. The molecule has 20 heavy (non-hydrogen) atoms. The molecule has 3 rings (SSSR count). The van der Waals surface area contributed by atoms with Crippen LogP contribution < -0.4 is 5.32 Å². The zero-order valence-corrected chi connectivity index (χ0v) is 12.8. The summed E-state index contributed by atoms with van der Waals surface area (Å²) in [6.45, 7) is 6.21. The molecule has 2 saturated carbocycles. The highest BCUT2D eigenvalue weighted by Crippen LogP contribution is 2.41. The minimum absolute atomic E-state index is 0.0639. The van der Waals surface area contributed by atoms with Gasteiger partial charge >= 0.3 is 0 Å². The van der Waals surface area contributed by atoms with Gasteiger partial charge in [-0.15, -0.1) is 0 Å². The second kappa shape index (κ2) is 4.74. The van der Waals surface area contributed by atoms with Crippen molar-refractivity contribution < 1.29 is 9.59 Å². The molecule has 3 aliphatic rings. The van der Waals surface area contributed by atoms with Gasteiger partial charge in [-0.05, 0) is 44.4 Å². The van der Waals surface area contributed by atoms with E-state index in [0.717, 1.165) is 25.7 Å². The number of piperazine rings is 1. The van der Waals surface area contributed by atoms with E-state index in [9.17, 15) is 9.59 Å². The maximum atomic E-state index is 13.1. The van der Waals surface area contributed by atoms with Gasteiger partial charge in [0.1, 0.15) is 11.6 Å². The molecule has 0 aromatic carbocycles. The Morgan fingerprint density at radius 1 is 1.15 bits per heavy atom. The SMILES string of the molecule is CC(C)C1C(=O)NC2(CCCC2)C(=O)N1C(C)C1CC1. The molecule has 4 heteroatoms. The molecule has 4 nitrogen and oxygen atoms in total. The van der Waals surface area contributed by atoms with Crippen LogP contribution in [0, 0.1) is 11.8 Å². The Balaban J connectivity index is 1.94. The fraction of sp³-hybridized carbons (Fsp3) is 0.875. The van der Waals surface area contributed by atoms with Gasteiger partial charge < -0.3 is 10.2 Å². The molecular formula is C16H26N2O2. The minimum atomic E-state index is -0.578. The molecule has 1 spiro atoms. The second-order valence-electron chi connectivity index (χ2n) is 7.26. The number of rotatable bonds is 3. The molecule has 1 aliphatic heterocycles. The van der Waals surface area contributed by atoms with Crippen molar-refractivity contribution in [2.45, 2.75) is 76.9 Å². The van der Waals surface area contributed by atoms with Gasteiger partial charge in [0, 0.05) is 6.04 Å². The lowest BCUT2D eigenvalue weighted by Gasteiger charge is -2.48. The van der Waals surface area contributed by atoms with Crippen molar-refractivity contribution in [1.82, 2.24) is 10.2 Å². The molecule has 2 aliphatic carbocycles. The van der Waals surface area contributed by atoms with Crippen LogP contribution in [0.2, 0.25) is 0 Å². The molecule has 2 unspecified atom stereocenters. The molecule has 3 fully saturated rings. The lowest BCUT2D eigenvalue weighted by Crippen LogP contribution is -2.72. The van der Waals surface area contributed by atoms with Crippen LogP contribution in [-0.2, 0) is 9.59 Å². The Hall–Kier alpha value is -1.06. The third kappa shape index (κ3) is 2.04. The average molecular weight is 278 g/mol. The van der Waals surface area contributed by atoms with Crippen LogP contribution in [0.25, 0.3) is 0 Å². The number of amides is 2. The zero-order chi connectivity index (χ0) is 14.5. The van der Waals surface area contributed by atoms with Crippen molar-refractivity contribution in [1.29, 1.82) is 0 Å². The van der Waals surface area contributed by atoms with E-state index in [1.807, 2.05) is 18.7 Å². The van der Waals surface area contributed by atoms with Gasteiger partial charge in [0.25, 0.3) is 0 Å². The third-order valence-electron chi connectivity index (χ3n) is 5.41. The smallest absolute Gasteiger partial charge is 0.249 e. The molecule has 0 radical (unpaired) electrons. The van der Waals surface area contributed by atoms with E-state index in [0.29, 0.717) is 5.92 Å². The summed E-state index contributed by atoms with van der Waals surface area (Å²) < 4.78 is 0. The highest BCUT2D eigenvalue weighted by atomic mass is 16.2. The predicted octanol–water partition coefficient (Wildman–Crippen LogP) is 2.08. The molecule has 2 amide bonds. The molecule has 0 bridgehead atoms. The van der Waals surface area contributed by atoms with E-state index >= 15 is 0 Å². The van der Waals surface area contributed by atoms with Gasteiger partial charge in [-0.1, -0.05) is 26.7 Å². The van der Waals surface area contributed by atoms with Gasteiger partial charge in [0.2, 0.25) is 11.8 Å². The van der Waals surface area contributed by atoms with Crippen LogP contribution in [0.15, 0.2) is 0 Å². The molecule has 1 heterocycles. The van der Waals surface area contributed by atoms with Crippen molar-refractivity contribution in [2.24, 2.45) is 11.8 Å². The Bertz CT molecular complexity index is 422. The Kier molecular flexibility index (Phi) is 3.30. The standard InChI is InChI=1S/C16H26N2O2/c1-10(2)13-14(19)17-16(8-4-5-9-16)15(20)18(13)11(3)12-6-7-12/h10-13H,4-9H2,1-3H3,(H,17,19). The normalized spacial score (nSPS) is 31.0. The van der Waals surface area contributed by atoms with Gasteiger partial charge in [-0.3, -0.25) is 9.59 Å². The zero-order valence-electron chi connectivity index (χ0n) is 12.8. The lowest BCUT2D eigenvalue weighted by atomic mass is 9.86. The minimum Gasteiger partial charge on any atom is -0.340 e. The van der Waals surface area contributed by atoms with Crippen LogP contribution in [0.3, 0.4) is 0 Å². The maximum absolute atomic E-state index is 13.1. The fourth-order valence-electron chi connectivity index (χ4n) is 4.05. The summed E-state index contributed by atoms with van der Waals surface area (Å²) in [5, 5.41) is 3.09. The maximum Gasteiger partial charge on any atom is 0.249 e. The molecule has 112 valence electrons. The summed E-state index contributed by atoms with van der Waals surface area (Å²) in [5.41, 5.74) is -0.578. The van der Waals surface area contributed by atoms with Crippen LogP contribution in [0.1, 0.15) is 59.3 Å². The van der Waals surface area contributed by atoms with Crippen LogP contribution >= 0.6 is 0 Å². The molecule has 0 aromatic rings. The van der Waals surface area contributed by atoms with Crippen LogP contribution in [0.5, 0.6) is 0 Å². The Labute approximate surface area is 121 Å². The molecule has 2 atom stereocenters. The number of hydrogen-bond acceptors (Lipinski definition) is 2. The number of nitrogens with one attached hydrogen (secondary N) is 1. The first-order chi connectivity index (χ1) is 9.46. The van der Waals surface area contributed by atoms with Crippen molar-refractivity contribution in [2.75, 3.05) is 0 Å². The van der Waals surface area contributed by atoms with E-state index in [2.05, 4.69) is 12.2 Å². The van der Waals surface area contributed by atoms with Gasteiger partial charge in [0.05, 0.1) is 0 Å². The predicted molar refractivity (Wildman–Crippen MR) is 77.0 cm³/mol. The average Bonchev–Trinajstić information content (AvgIpc) is 3.14. The van der Waals surface area contributed by atoms with E-state index in [1.54, 1.807) is 0 Å². The first-order valence-corrected chi connectivity index (χ1v) is 8.11. The first kappa shape index (κ1) is 13.9. The monoisotopic (exact) mass is 278 g/mol. The summed E-state index contributed by atoms with van der Waals surface area (Å²) in [4.78, 5) is 27.6. The third-order valence-corrected chi connectivity index (χ3v) is 5.41. The van der Waals surface area contributed by atoms with E-state index in [-0.39, 0.29) is 29.8 Å². The lowest BCUT2D eigenvalue weighted by molar-refractivity contribution is -0.160. The van der Waals surface area contributed by atoms with E-state index < -0.39 is 5.54 Å². The molecule has 1 N–H and O–H groups in total. The van der Waals surface area contributed by atoms with Gasteiger partial charge in [0.15, 0.2) is 0 Å². The number of hydrogen-bond donors (Lipinski definition) is 1. The number of carbonyl (C=O) groups excluding carboxylic acids is 2. The quantitative estimate of drug-likeness (QED) is 0.859. The van der Waals surface area contributed by atoms with Gasteiger partial charge in [-0.2, -0.15) is 0 Å². The summed E-state index contributed by atoms with van der Waals surface area (Å²) >= 11 is 0. The van der Waals surface area contributed by atoms with Crippen molar-refractivity contribution >= 4 is 11.8 Å². The summed E-state index contributed by atoms with van der Waals surface area (Å²) in [7, 11) is 0. The Morgan fingerprint density at radius 2 is 1.75 bits per heavy atom. The first-order valence-electron chi connectivity index (χ1n) is 8.11. The molecule has 1 saturated heterocycles. The van der Waals surface area contributed by atoms with Crippen LogP contribution in [0.4, 0.5) is 0 Å². The van der Waals surface area contributed by atoms with Crippen molar-refractivity contribution in [3.63, 3.8) is 0 Å². The summed E-state index contributed by atoms with van der Waals surface area (Å²) in [6, 6.07) is -0.0808. The van der Waals surface area contributed by atoms with Crippen molar-refractivity contribution in [3.8, 4) is 0 Å².